The van der Waals surface area contributed by atoms with E-state index in [1.165, 1.54) is 22.3 Å². The first-order valence-corrected chi connectivity index (χ1v) is 4.22. The van der Waals surface area contributed by atoms with Gasteiger partial charge in [-0.15, -0.1) is 0 Å². The van der Waals surface area contributed by atoms with Crippen LogP contribution in [0.25, 0.3) is 6.08 Å². The lowest BCUT2D eigenvalue weighted by Crippen LogP contribution is -1.82. The monoisotopic (exact) mass is 156 g/mol. The summed E-state index contributed by atoms with van der Waals surface area (Å²) in [5, 5.41) is 0. The van der Waals surface area contributed by atoms with Gasteiger partial charge in [0.05, 0.1) is 0 Å². The van der Waals surface area contributed by atoms with Gasteiger partial charge in [0.15, 0.2) is 0 Å². The van der Waals surface area contributed by atoms with Gasteiger partial charge in [0.1, 0.15) is 0 Å². The van der Waals surface area contributed by atoms with Crippen molar-refractivity contribution in [3.05, 3.63) is 53.1 Å². The highest BCUT2D eigenvalue weighted by Crippen LogP contribution is 2.25. The van der Waals surface area contributed by atoms with E-state index in [0.29, 0.717) is 0 Å². The lowest BCUT2D eigenvalue weighted by atomic mass is 10.1. The Balaban J connectivity index is 2.48. The lowest BCUT2D eigenvalue weighted by molar-refractivity contribution is 1.24. The number of aryl methyl sites for hydroxylation is 1. The first-order chi connectivity index (χ1) is 5.79. The maximum atomic E-state index is 3.78. The molecule has 2 rings (SSSR count). The predicted molar refractivity (Wildman–Crippen MR) is 53.1 cm³/mol. The SMILES string of the molecule is C=CC1=Cc2cc(C)ccc2C1. The summed E-state index contributed by atoms with van der Waals surface area (Å²) in [5.41, 5.74) is 5.45. The fraction of sp³-hybridized carbons (Fsp3) is 0.167. The van der Waals surface area contributed by atoms with Crippen LogP contribution in [0.1, 0.15) is 16.7 Å². The minimum Gasteiger partial charge on any atom is -0.0988 e. The molecule has 0 bridgehead atoms. The summed E-state index contributed by atoms with van der Waals surface area (Å²) in [6.45, 7) is 5.90. The van der Waals surface area contributed by atoms with Crippen LogP contribution in [-0.4, -0.2) is 0 Å². The number of hydrogen-bond acceptors (Lipinski definition) is 0. The number of hydrogen-bond donors (Lipinski definition) is 0. The number of allylic oxidation sites excluding steroid dienone is 2. The van der Waals surface area contributed by atoms with Crippen molar-refractivity contribution in [2.24, 2.45) is 0 Å². The normalized spacial score (nSPS) is 13.9. The molecule has 1 aromatic rings. The molecule has 0 saturated heterocycles. The fourth-order valence-electron chi connectivity index (χ4n) is 1.61. The van der Waals surface area contributed by atoms with Crippen LogP contribution in [0, 0.1) is 6.92 Å². The van der Waals surface area contributed by atoms with Crippen LogP contribution in [-0.2, 0) is 6.42 Å². The largest absolute Gasteiger partial charge is 0.0988 e. The molecule has 0 saturated carbocycles. The van der Waals surface area contributed by atoms with Crippen molar-refractivity contribution in [2.75, 3.05) is 0 Å². The maximum absolute atomic E-state index is 3.78. The molecule has 0 aliphatic heterocycles. The number of rotatable bonds is 1. The molecular formula is C12H12. The minimum absolute atomic E-state index is 1.05. The summed E-state index contributed by atoms with van der Waals surface area (Å²) < 4.78 is 0. The smallest absolute Gasteiger partial charge is 0.00198 e. The first-order valence-electron chi connectivity index (χ1n) is 4.22. The summed E-state index contributed by atoms with van der Waals surface area (Å²) >= 11 is 0. The van der Waals surface area contributed by atoms with Crippen LogP contribution in [0.5, 0.6) is 0 Å². The standard InChI is InChI=1S/C12H12/c1-3-10-7-11-5-4-9(2)6-12(11)8-10/h3-6,8H,1,7H2,2H3. The summed E-state index contributed by atoms with van der Waals surface area (Å²) in [7, 11) is 0. The summed E-state index contributed by atoms with van der Waals surface area (Å²) in [6.07, 6.45) is 5.21. The first kappa shape index (κ1) is 7.35. The third-order valence-electron chi connectivity index (χ3n) is 2.30. The van der Waals surface area contributed by atoms with E-state index < -0.39 is 0 Å². The topological polar surface area (TPSA) is 0 Å². The predicted octanol–water partition coefficient (Wildman–Crippen LogP) is 3.12. The summed E-state index contributed by atoms with van der Waals surface area (Å²) in [5.74, 6) is 0. The second kappa shape index (κ2) is 2.63. The zero-order valence-corrected chi connectivity index (χ0v) is 7.30. The summed E-state index contributed by atoms with van der Waals surface area (Å²) in [4.78, 5) is 0. The Morgan fingerprint density at radius 2 is 2.25 bits per heavy atom. The molecule has 0 radical (unpaired) electrons. The molecule has 0 amide bonds. The second-order valence-electron chi connectivity index (χ2n) is 3.30. The number of benzene rings is 1. The highest BCUT2D eigenvalue weighted by Gasteiger charge is 2.09. The molecule has 0 N–H and O–H groups in total. The average Bonchev–Trinajstić information content (AvgIpc) is 2.46. The van der Waals surface area contributed by atoms with Gasteiger partial charge in [-0.2, -0.15) is 0 Å². The van der Waals surface area contributed by atoms with E-state index in [1.54, 1.807) is 0 Å². The van der Waals surface area contributed by atoms with E-state index in [2.05, 4.69) is 37.8 Å². The molecule has 60 valence electrons. The average molecular weight is 156 g/mol. The Hall–Kier alpha value is -1.30. The van der Waals surface area contributed by atoms with Crippen LogP contribution < -0.4 is 0 Å². The Bertz CT molecular complexity index is 356. The zero-order chi connectivity index (χ0) is 8.55. The van der Waals surface area contributed by atoms with Crippen LogP contribution >= 0.6 is 0 Å². The van der Waals surface area contributed by atoms with E-state index in [9.17, 15) is 0 Å². The maximum Gasteiger partial charge on any atom is -0.00198 e. The molecular weight excluding hydrogens is 144 g/mol. The molecule has 1 aromatic carbocycles. The molecule has 12 heavy (non-hydrogen) atoms. The van der Waals surface area contributed by atoms with Gasteiger partial charge in [0.25, 0.3) is 0 Å². The van der Waals surface area contributed by atoms with Gasteiger partial charge in [-0.3, -0.25) is 0 Å². The second-order valence-corrected chi connectivity index (χ2v) is 3.30. The van der Waals surface area contributed by atoms with E-state index in [4.69, 9.17) is 0 Å². The number of fused-ring (bicyclic) bond motifs is 1. The van der Waals surface area contributed by atoms with Crippen molar-refractivity contribution in [1.82, 2.24) is 0 Å². The van der Waals surface area contributed by atoms with Gasteiger partial charge < -0.3 is 0 Å². The van der Waals surface area contributed by atoms with Gasteiger partial charge in [-0.05, 0) is 30.0 Å². The molecule has 0 heteroatoms. The van der Waals surface area contributed by atoms with Crippen LogP contribution in [0.2, 0.25) is 0 Å². The van der Waals surface area contributed by atoms with Crippen molar-refractivity contribution in [3.63, 3.8) is 0 Å². The minimum atomic E-state index is 1.05. The van der Waals surface area contributed by atoms with Gasteiger partial charge in [-0.25, -0.2) is 0 Å². The Kier molecular flexibility index (Phi) is 1.61. The van der Waals surface area contributed by atoms with E-state index >= 15 is 0 Å². The fourth-order valence-corrected chi connectivity index (χ4v) is 1.61. The van der Waals surface area contributed by atoms with E-state index in [1.807, 2.05) is 6.08 Å². The van der Waals surface area contributed by atoms with Crippen molar-refractivity contribution >= 4 is 6.08 Å². The highest BCUT2D eigenvalue weighted by molar-refractivity contribution is 5.66. The molecule has 1 aliphatic carbocycles. The molecule has 0 fully saturated rings. The third-order valence-corrected chi connectivity index (χ3v) is 2.30. The zero-order valence-electron chi connectivity index (χ0n) is 7.30. The summed E-state index contributed by atoms with van der Waals surface area (Å²) in [6, 6.07) is 6.60. The van der Waals surface area contributed by atoms with Crippen molar-refractivity contribution < 1.29 is 0 Å². The lowest BCUT2D eigenvalue weighted by Gasteiger charge is -1.98. The van der Waals surface area contributed by atoms with Gasteiger partial charge in [-0.1, -0.05) is 42.5 Å². The van der Waals surface area contributed by atoms with Gasteiger partial charge in [0.2, 0.25) is 0 Å². The Morgan fingerprint density at radius 3 is 3.00 bits per heavy atom. The van der Waals surface area contributed by atoms with Crippen molar-refractivity contribution in [2.45, 2.75) is 13.3 Å². The molecule has 0 unspecified atom stereocenters. The molecule has 0 atom stereocenters. The van der Waals surface area contributed by atoms with Crippen molar-refractivity contribution in [1.29, 1.82) is 0 Å². The highest BCUT2D eigenvalue weighted by atomic mass is 14.1. The molecule has 0 aromatic heterocycles. The van der Waals surface area contributed by atoms with Gasteiger partial charge >= 0.3 is 0 Å². The van der Waals surface area contributed by atoms with Crippen molar-refractivity contribution in [3.8, 4) is 0 Å². The van der Waals surface area contributed by atoms with Gasteiger partial charge in [0, 0.05) is 0 Å². The van der Waals surface area contributed by atoms with Crippen LogP contribution in [0.4, 0.5) is 0 Å². The Labute approximate surface area is 73.2 Å². The Morgan fingerprint density at radius 1 is 1.42 bits per heavy atom. The molecule has 1 aliphatic rings. The quantitative estimate of drug-likeness (QED) is 0.586. The molecule has 0 spiro atoms. The third kappa shape index (κ3) is 1.10. The van der Waals surface area contributed by atoms with Crippen LogP contribution in [0.3, 0.4) is 0 Å². The molecule has 0 nitrogen and oxygen atoms in total. The van der Waals surface area contributed by atoms with E-state index in [-0.39, 0.29) is 0 Å². The van der Waals surface area contributed by atoms with Crippen LogP contribution in [0.15, 0.2) is 36.4 Å². The molecule has 0 heterocycles. The van der Waals surface area contributed by atoms with E-state index in [0.717, 1.165) is 6.42 Å².